The van der Waals surface area contributed by atoms with Crippen molar-refractivity contribution in [1.82, 2.24) is 0 Å². The Kier molecular flexibility index (Phi) is 73.2. The van der Waals surface area contributed by atoms with Gasteiger partial charge in [-0.25, -0.2) is 9.13 Å². The molecule has 0 saturated heterocycles. The maximum absolute atomic E-state index is 13.1. The summed E-state index contributed by atoms with van der Waals surface area (Å²) < 4.78 is 68.8. The fourth-order valence-electron chi connectivity index (χ4n) is 12.5. The summed E-state index contributed by atoms with van der Waals surface area (Å²) in [5, 5.41) is 10.7. The standard InChI is InChI=1S/C84H160O17P2/c1-7-9-11-13-15-17-19-21-27-32-36-42-48-54-60-66-81(86)94-72-79(100-84(89)69-63-57-51-44-38-34-30-26-24-23-25-29-31-35-40-46-52-58-64-76(3)4)74-98-102(90,91)96-70-78(85)71-97-103(92,93)99-75-80(73-95-82(87)67-61-55-49-45-39-41-47-53-59-65-77(5)6)101-83(88)68-62-56-50-43-37-33-28-22-20-18-16-14-12-10-8-2/h17,19,21,27,76-80,85H,7-16,18,20,22-26,28-75H2,1-6H3,(H,90,91)(H,92,93)/b19-17-,27-21-/t78-,79-,80-/m1/s1. The van der Waals surface area contributed by atoms with Gasteiger partial charge in [0.1, 0.15) is 19.3 Å². The number of carbonyl (C=O) groups excluding carboxylic acids is 4. The molecule has 0 aromatic heterocycles. The van der Waals surface area contributed by atoms with Crippen LogP contribution in [0.15, 0.2) is 24.3 Å². The van der Waals surface area contributed by atoms with Crippen molar-refractivity contribution in [3.05, 3.63) is 24.3 Å². The van der Waals surface area contributed by atoms with Gasteiger partial charge in [-0.2, -0.15) is 0 Å². The van der Waals surface area contributed by atoms with Crippen LogP contribution in [0.5, 0.6) is 0 Å². The van der Waals surface area contributed by atoms with Gasteiger partial charge in [-0.1, -0.05) is 368 Å². The van der Waals surface area contributed by atoms with Gasteiger partial charge >= 0.3 is 39.5 Å². The van der Waals surface area contributed by atoms with E-state index < -0.39 is 97.5 Å². The van der Waals surface area contributed by atoms with Gasteiger partial charge in [-0.15, -0.1) is 0 Å². The highest BCUT2D eigenvalue weighted by Crippen LogP contribution is 2.45. The van der Waals surface area contributed by atoms with Crippen LogP contribution in [0.4, 0.5) is 0 Å². The van der Waals surface area contributed by atoms with Crippen molar-refractivity contribution < 1.29 is 80.2 Å². The molecule has 0 fully saturated rings. The molecular weight excluding hydrogens is 1340 g/mol. The van der Waals surface area contributed by atoms with Gasteiger partial charge in [0.2, 0.25) is 0 Å². The van der Waals surface area contributed by atoms with Gasteiger partial charge in [0.05, 0.1) is 26.4 Å². The third kappa shape index (κ3) is 77.5. The number of unbranched alkanes of at least 4 members (excludes halogenated alkanes) is 48. The number of hydrogen-bond donors (Lipinski definition) is 3. The number of rotatable bonds is 81. The molecule has 608 valence electrons. The molecule has 0 saturated carbocycles. The smallest absolute Gasteiger partial charge is 0.462 e. The van der Waals surface area contributed by atoms with E-state index in [9.17, 15) is 43.2 Å². The Morgan fingerprint density at radius 3 is 0.796 bits per heavy atom. The Balaban J connectivity index is 5.27. The largest absolute Gasteiger partial charge is 0.472 e. The molecule has 0 heterocycles. The number of aliphatic hydroxyl groups is 1. The molecule has 2 unspecified atom stereocenters. The maximum atomic E-state index is 13.1. The van der Waals surface area contributed by atoms with E-state index in [1.54, 1.807) is 0 Å². The molecule has 0 aromatic rings. The predicted octanol–water partition coefficient (Wildman–Crippen LogP) is 25.0. The minimum Gasteiger partial charge on any atom is -0.462 e. The van der Waals surface area contributed by atoms with Crippen LogP contribution in [-0.2, 0) is 65.4 Å². The van der Waals surface area contributed by atoms with Crippen molar-refractivity contribution in [2.75, 3.05) is 39.6 Å². The first kappa shape index (κ1) is 101. The molecule has 5 atom stereocenters. The minimum atomic E-state index is -4.97. The molecule has 19 heteroatoms. The lowest BCUT2D eigenvalue weighted by molar-refractivity contribution is -0.161. The van der Waals surface area contributed by atoms with E-state index in [1.807, 2.05) is 0 Å². The fourth-order valence-corrected chi connectivity index (χ4v) is 14.1. The number of ether oxygens (including phenoxy) is 4. The van der Waals surface area contributed by atoms with Crippen LogP contribution in [0.1, 0.15) is 420 Å². The first-order valence-corrected chi connectivity index (χ1v) is 45.8. The highest BCUT2D eigenvalue weighted by atomic mass is 31.2. The topological polar surface area (TPSA) is 237 Å². The zero-order chi connectivity index (χ0) is 75.6. The summed E-state index contributed by atoms with van der Waals surface area (Å²) in [7, 11) is -9.94. The molecule has 0 aliphatic heterocycles. The van der Waals surface area contributed by atoms with Crippen LogP contribution < -0.4 is 0 Å². The van der Waals surface area contributed by atoms with Gasteiger partial charge in [-0.3, -0.25) is 37.3 Å². The lowest BCUT2D eigenvalue weighted by atomic mass is 10.0. The average Bonchev–Trinajstić information content (AvgIpc) is 0.921. The zero-order valence-electron chi connectivity index (χ0n) is 67.1. The monoisotopic (exact) mass is 1500 g/mol. The Hall–Kier alpha value is -2.46. The average molecular weight is 1500 g/mol. The van der Waals surface area contributed by atoms with Crippen molar-refractivity contribution in [3.63, 3.8) is 0 Å². The van der Waals surface area contributed by atoms with Crippen molar-refractivity contribution in [2.24, 2.45) is 11.8 Å². The third-order valence-corrected chi connectivity index (χ3v) is 21.0. The van der Waals surface area contributed by atoms with E-state index in [4.69, 9.17) is 37.0 Å². The SMILES string of the molecule is CCCCCC/C=C\C=C/CCCCCCCC(=O)OC[C@H](COP(=O)(O)OC[C@@H](O)COP(=O)(O)OC[C@@H](COC(=O)CCCCCCCCCCCC(C)C)OC(=O)CCCCCCCCCCCCCCCCC)OC(=O)CCCCCCCCCCCCCCCCCCCCC(C)C. The highest BCUT2D eigenvalue weighted by molar-refractivity contribution is 7.47. The Morgan fingerprint density at radius 1 is 0.301 bits per heavy atom. The van der Waals surface area contributed by atoms with Gasteiger partial charge in [-0.05, 0) is 63.2 Å². The van der Waals surface area contributed by atoms with Crippen molar-refractivity contribution >= 4 is 39.5 Å². The summed E-state index contributed by atoms with van der Waals surface area (Å²) >= 11 is 0. The summed E-state index contributed by atoms with van der Waals surface area (Å²) in [4.78, 5) is 73.1. The van der Waals surface area contributed by atoms with Crippen LogP contribution >= 0.6 is 15.6 Å². The molecular formula is C84H160O17P2. The van der Waals surface area contributed by atoms with E-state index in [-0.39, 0.29) is 25.7 Å². The van der Waals surface area contributed by atoms with Crippen LogP contribution in [0, 0.1) is 11.8 Å². The first-order valence-electron chi connectivity index (χ1n) is 42.8. The second-order valence-electron chi connectivity index (χ2n) is 30.5. The second kappa shape index (κ2) is 75.0. The summed E-state index contributed by atoms with van der Waals surface area (Å²) in [6.45, 7) is 9.61. The van der Waals surface area contributed by atoms with Gasteiger partial charge in [0.15, 0.2) is 12.2 Å². The summed E-state index contributed by atoms with van der Waals surface area (Å²) in [5.41, 5.74) is 0. The van der Waals surface area contributed by atoms with Crippen LogP contribution in [0.3, 0.4) is 0 Å². The molecule has 0 aliphatic carbocycles. The fraction of sp³-hybridized carbons (Fsp3) is 0.905. The highest BCUT2D eigenvalue weighted by Gasteiger charge is 2.30. The van der Waals surface area contributed by atoms with E-state index in [0.717, 1.165) is 121 Å². The number of carbonyl (C=O) groups is 4. The van der Waals surface area contributed by atoms with E-state index in [1.165, 1.54) is 218 Å². The quantitative estimate of drug-likeness (QED) is 0.0169. The number of aliphatic hydroxyl groups excluding tert-OH is 1. The number of hydrogen-bond acceptors (Lipinski definition) is 15. The third-order valence-electron chi connectivity index (χ3n) is 19.1. The summed E-state index contributed by atoms with van der Waals surface area (Å²) in [6, 6.07) is 0. The number of allylic oxidation sites excluding steroid dienone is 4. The number of esters is 4. The molecule has 0 spiro atoms. The first-order chi connectivity index (χ1) is 49.9. The van der Waals surface area contributed by atoms with Crippen molar-refractivity contribution in [3.8, 4) is 0 Å². The predicted molar refractivity (Wildman–Crippen MR) is 423 cm³/mol. The van der Waals surface area contributed by atoms with E-state index in [2.05, 4.69) is 65.8 Å². The van der Waals surface area contributed by atoms with E-state index >= 15 is 0 Å². The van der Waals surface area contributed by atoms with Gasteiger partial charge in [0.25, 0.3) is 0 Å². The van der Waals surface area contributed by atoms with Crippen molar-refractivity contribution in [1.29, 1.82) is 0 Å². The van der Waals surface area contributed by atoms with Crippen molar-refractivity contribution in [2.45, 2.75) is 439 Å². The normalized spacial score (nSPS) is 14.0. The molecule has 3 N–H and O–H groups in total. The van der Waals surface area contributed by atoms with Gasteiger partial charge < -0.3 is 33.8 Å². The zero-order valence-corrected chi connectivity index (χ0v) is 68.9. The Bertz CT molecular complexity index is 2070. The molecule has 103 heavy (non-hydrogen) atoms. The Labute approximate surface area is 631 Å². The number of phosphoric acid groups is 2. The number of phosphoric ester groups is 2. The molecule has 0 radical (unpaired) electrons. The maximum Gasteiger partial charge on any atom is 0.472 e. The lowest BCUT2D eigenvalue weighted by Gasteiger charge is -2.21. The van der Waals surface area contributed by atoms with Crippen LogP contribution in [0.2, 0.25) is 0 Å². The van der Waals surface area contributed by atoms with Crippen LogP contribution in [0.25, 0.3) is 0 Å². The summed E-state index contributed by atoms with van der Waals surface area (Å²) in [5.74, 6) is -0.573. The molecule has 17 nitrogen and oxygen atoms in total. The molecule has 0 amide bonds. The van der Waals surface area contributed by atoms with Gasteiger partial charge in [0, 0.05) is 25.7 Å². The summed E-state index contributed by atoms with van der Waals surface area (Å²) in [6.07, 6.45) is 68.8. The minimum absolute atomic E-state index is 0.101. The lowest BCUT2D eigenvalue weighted by Crippen LogP contribution is -2.30. The molecule has 0 aliphatic rings. The van der Waals surface area contributed by atoms with E-state index in [0.29, 0.717) is 25.7 Å². The van der Waals surface area contributed by atoms with Crippen LogP contribution in [-0.4, -0.2) is 96.7 Å². The Morgan fingerprint density at radius 2 is 0.524 bits per heavy atom. The molecule has 0 aromatic carbocycles. The molecule has 0 bridgehead atoms. The molecule has 0 rings (SSSR count). The second-order valence-corrected chi connectivity index (χ2v) is 33.4.